The molecule has 1 aliphatic rings. The molecule has 1 aromatic heterocycles. The van der Waals surface area contributed by atoms with Gasteiger partial charge in [0.05, 0.1) is 12.2 Å². The van der Waals surface area contributed by atoms with E-state index in [0.29, 0.717) is 13.0 Å². The molecule has 2 heterocycles. The van der Waals surface area contributed by atoms with Crippen molar-refractivity contribution in [3.8, 4) is 11.3 Å². The van der Waals surface area contributed by atoms with Gasteiger partial charge in [0.25, 0.3) is 0 Å². The molecular formula is C13H14N4O2. The van der Waals surface area contributed by atoms with Crippen LogP contribution in [0.1, 0.15) is 12.5 Å². The lowest BCUT2D eigenvalue weighted by molar-refractivity contribution is -0.139. The molecule has 6 heteroatoms. The molecule has 6 nitrogen and oxygen atoms in total. The highest BCUT2D eigenvalue weighted by Crippen LogP contribution is 2.22. The number of benzene rings is 1. The molecule has 0 aliphatic carbocycles. The SMILES string of the molecule is O=C(O)C1CC(n2cc(-c3ccccc3)nn2)CN1. The van der Waals surface area contributed by atoms with E-state index in [1.807, 2.05) is 36.5 Å². The third-order valence-corrected chi connectivity index (χ3v) is 3.36. The Bertz CT molecular complexity index is 581. The van der Waals surface area contributed by atoms with Crippen LogP contribution >= 0.6 is 0 Å². The molecule has 2 N–H and O–H groups in total. The first-order chi connectivity index (χ1) is 9.24. The zero-order valence-electron chi connectivity index (χ0n) is 10.2. The molecule has 1 aliphatic heterocycles. The molecule has 2 atom stereocenters. The average Bonchev–Trinajstić information content (AvgIpc) is 3.09. The molecule has 0 spiro atoms. The van der Waals surface area contributed by atoms with Gasteiger partial charge in [0.15, 0.2) is 0 Å². The maximum absolute atomic E-state index is 10.9. The molecule has 1 saturated heterocycles. The van der Waals surface area contributed by atoms with Crippen LogP contribution in [0.3, 0.4) is 0 Å². The number of aliphatic carboxylic acids is 1. The molecule has 3 rings (SSSR count). The molecule has 0 amide bonds. The van der Waals surface area contributed by atoms with Gasteiger partial charge in [-0.15, -0.1) is 5.10 Å². The van der Waals surface area contributed by atoms with Gasteiger partial charge in [0.1, 0.15) is 11.7 Å². The van der Waals surface area contributed by atoms with Gasteiger partial charge in [-0.1, -0.05) is 35.5 Å². The fourth-order valence-corrected chi connectivity index (χ4v) is 2.30. The zero-order valence-corrected chi connectivity index (χ0v) is 10.2. The summed E-state index contributed by atoms with van der Waals surface area (Å²) in [7, 11) is 0. The maximum Gasteiger partial charge on any atom is 0.320 e. The highest BCUT2D eigenvalue weighted by Gasteiger charge is 2.30. The minimum atomic E-state index is -0.814. The van der Waals surface area contributed by atoms with E-state index >= 15 is 0 Å². The topological polar surface area (TPSA) is 80.0 Å². The number of aromatic nitrogens is 3. The second-order valence-electron chi connectivity index (χ2n) is 4.64. The van der Waals surface area contributed by atoms with E-state index in [4.69, 9.17) is 5.11 Å². The average molecular weight is 258 g/mol. The molecule has 1 fully saturated rings. The maximum atomic E-state index is 10.9. The summed E-state index contributed by atoms with van der Waals surface area (Å²) in [5.74, 6) is -0.814. The Kier molecular flexibility index (Phi) is 3.00. The Hall–Kier alpha value is -2.21. The number of hydrogen-bond acceptors (Lipinski definition) is 4. The van der Waals surface area contributed by atoms with Crippen molar-refractivity contribution in [1.29, 1.82) is 0 Å². The largest absolute Gasteiger partial charge is 0.480 e. The number of nitrogens with one attached hydrogen (secondary N) is 1. The fraction of sp³-hybridized carbons (Fsp3) is 0.308. The van der Waals surface area contributed by atoms with Gasteiger partial charge in [0, 0.05) is 12.1 Å². The van der Waals surface area contributed by atoms with Gasteiger partial charge in [-0.25, -0.2) is 4.68 Å². The predicted molar refractivity (Wildman–Crippen MR) is 68.5 cm³/mol. The summed E-state index contributed by atoms with van der Waals surface area (Å²) in [5, 5.41) is 20.2. The number of nitrogens with zero attached hydrogens (tertiary/aromatic N) is 3. The van der Waals surface area contributed by atoms with Crippen LogP contribution in [-0.2, 0) is 4.79 Å². The lowest BCUT2D eigenvalue weighted by atomic mass is 10.1. The third kappa shape index (κ3) is 2.34. The molecule has 0 radical (unpaired) electrons. The predicted octanol–water partition coefficient (Wildman–Crippen LogP) is 0.933. The van der Waals surface area contributed by atoms with E-state index < -0.39 is 12.0 Å². The van der Waals surface area contributed by atoms with Gasteiger partial charge < -0.3 is 10.4 Å². The van der Waals surface area contributed by atoms with Crippen molar-refractivity contribution in [2.75, 3.05) is 6.54 Å². The molecule has 2 unspecified atom stereocenters. The van der Waals surface area contributed by atoms with Crippen molar-refractivity contribution in [1.82, 2.24) is 20.3 Å². The smallest absolute Gasteiger partial charge is 0.320 e. The first-order valence-corrected chi connectivity index (χ1v) is 6.17. The van der Waals surface area contributed by atoms with E-state index in [2.05, 4.69) is 15.6 Å². The van der Waals surface area contributed by atoms with E-state index in [1.54, 1.807) is 4.68 Å². The van der Waals surface area contributed by atoms with Crippen LogP contribution in [-0.4, -0.2) is 38.7 Å². The minimum Gasteiger partial charge on any atom is -0.480 e. The van der Waals surface area contributed by atoms with Crippen LogP contribution in [0.2, 0.25) is 0 Å². The normalized spacial score (nSPS) is 22.5. The summed E-state index contributed by atoms with van der Waals surface area (Å²) in [5.41, 5.74) is 1.81. The number of carbonyl (C=O) groups is 1. The minimum absolute atomic E-state index is 0.0473. The van der Waals surface area contributed by atoms with E-state index in [-0.39, 0.29) is 6.04 Å². The van der Waals surface area contributed by atoms with Gasteiger partial charge in [-0.2, -0.15) is 0 Å². The summed E-state index contributed by atoms with van der Waals surface area (Å²) in [4.78, 5) is 10.9. The monoisotopic (exact) mass is 258 g/mol. The Labute approximate surface area is 110 Å². The number of hydrogen-bond donors (Lipinski definition) is 2. The first-order valence-electron chi connectivity index (χ1n) is 6.17. The van der Waals surface area contributed by atoms with E-state index in [9.17, 15) is 4.79 Å². The summed E-state index contributed by atoms with van der Waals surface area (Å²) in [6.45, 7) is 0.606. The van der Waals surface area contributed by atoms with Gasteiger partial charge in [0.2, 0.25) is 0 Å². The molecule has 19 heavy (non-hydrogen) atoms. The molecule has 0 saturated carbocycles. The lowest BCUT2D eigenvalue weighted by Crippen LogP contribution is -2.29. The first kappa shape index (κ1) is 11.9. The van der Waals surface area contributed by atoms with Crippen molar-refractivity contribution in [2.24, 2.45) is 0 Å². The van der Waals surface area contributed by atoms with Crippen molar-refractivity contribution in [2.45, 2.75) is 18.5 Å². The standard InChI is InChI=1S/C13H14N4O2/c18-13(19)11-6-10(7-14-11)17-8-12(15-16-17)9-4-2-1-3-5-9/h1-5,8,10-11,14H,6-7H2,(H,18,19). The molecule has 1 aromatic carbocycles. The lowest BCUT2D eigenvalue weighted by Gasteiger charge is -2.06. The fourth-order valence-electron chi connectivity index (χ4n) is 2.30. The van der Waals surface area contributed by atoms with Crippen LogP contribution in [0.5, 0.6) is 0 Å². The van der Waals surface area contributed by atoms with Gasteiger partial charge >= 0.3 is 5.97 Å². The van der Waals surface area contributed by atoms with E-state index in [0.717, 1.165) is 11.3 Å². The van der Waals surface area contributed by atoms with Crippen LogP contribution < -0.4 is 5.32 Å². The molecular weight excluding hydrogens is 244 g/mol. The molecule has 2 aromatic rings. The van der Waals surface area contributed by atoms with Crippen LogP contribution in [0.4, 0.5) is 0 Å². The summed E-state index contributed by atoms with van der Waals surface area (Å²) in [6, 6.07) is 9.35. The summed E-state index contributed by atoms with van der Waals surface area (Å²) in [6.07, 6.45) is 2.40. The summed E-state index contributed by atoms with van der Waals surface area (Å²) >= 11 is 0. The van der Waals surface area contributed by atoms with Crippen LogP contribution in [0.25, 0.3) is 11.3 Å². The number of rotatable bonds is 3. The Morgan fingerprint density at radius 2 is 2.16 bits per heavy atom. The molecule has 98 valence electrons. The second-order valence-corrected chi connectivity index (χ2v) is 4.64. The van der Waals surface area contributed by atoms with Crippen LogP contribution in [0.15, 0.2) is 36.5 Å². The highest BCUT2D eigenvalue weighted by atomic mass is 16.4. The second kappa shape index (κ2) is 4.81. The Balaban J connectivity index is 1.78. The third-order valence-electron chi connectivity index (χ3n) is 3.36. The summed E-state index contributed by atoms with van der Waals surface area (Å²) < 4.78 is 1.75. The highest BCUT2D eigenvalue weighted by molar-refractivity contribution is 5.73. The van der Waals surface area contributed by atoms with Gasteiger partial charge in [-0.3, -0.25) is 4.79 Å². The quantitative estimate of drug-likeness (QED) is 0.856. The molecule has 0 bridgehead atoms. The van der Waals surface area contributed by atoms with Crippen molar-refractivity contribution < 1.29 is 9.90 Å². The van der Waals surface area contributed by atoms with Crippen LogP contribution in [0, 0.1) is 0 Å². The van der Waals surface area contributed by atoms with E-state index in [1.165, 1.54) is 0 Å². The van der Waals surface area contributed by atoms with Gasteiger partial charge in [-0.05, 0) is 6.42 Å². The Morgan fingerprint density at radius 3 is 2.84 bits per heavy atom. The zero-order chi connectivity index (χ0) is 13.2. The Morgan fingerprint density at radius 1 is 1.37 bits per heavy atom. The van der Waals surface area contributed by atoms with Crippen molar-refractivity contribution in [3.63, 3.8) is 0 Å². The number of carboxylic acids is 1. The number of carboxylic acid groups (broad SMARTS) is 1. The van der Waals surface area contributed by atoms with Crippen molar-refractivity contribution >= 4 is 5.97 Å². The van der Waals surface area contributed by atoms with Crippen molar-refractivity contribution in [3.05, 3.63) is 36.5 Å².